The van der Waals surface area contributed by atoms with Gasteiger partial charge in [-0.1, -0.05) is 17.4 Å². The Kier molecular flexibility index (Phi) is 4.97. The highest BCUT2D eigenvalue weighted by molar-refractivity contribution is 7.16. The minimum absolute atomic E-state index is 0.0413. The van der Waals surface area contributed by atoms with Gasteiger partial charge in [-0.3, -0.25) is 4.79 Å². The maximum Gasteiger partial charge on any atom is 0.274 e. The van der Waals surface area contributed by atoms with Crippen LogP contribution in [0.4, 0.5) is 0 Å². The van der Waals surface area contributed by atoms with Crippen LogP contribution < -0.4 is 5.32 Å². The number of nitrogens with one attached hydrogen (secondary N) is 1. The Balaban J connectivity index is 1.40. The fourth-order valence-corrected chi connectivity index (χ4v) is 4.49. The zero-order valence-electron chi connectivity index (χ0n) is 17.0. The van der Waals surface area contributed by atoms with Crippen molar-refractivity contribution in [3.8, 4) is 0 Å². The quantitative estimate of drug-likeness (QED) is 0.525. The molecule has 1 fully saturated rings. The molecule has 1 aliphatic heterocycles. The lowest BCUT2D eigenvalue weighted by Crippen LogP contribution is -2.41. The Morgan fingerprint density at radius 2 is 2.07 bits per heavy atom. The van der Waals surface area contributed by atoms with Crippen LogP contribution in [0.15, 0.2) is 24.5 Å². The Bertz CT molecular complexity index is 1190. The molecular formula is C20H23N7O2S. The third-order valence-corrected chi connectivity index (χ3v) is 6.08. The van der Waals surface area contributed by atoms with Gasteiger partial charge >= 0.3 is 0 Å². The summed E-state index contributed by atoms with van der Waals surface area (Å²) in [6.45, 7) is 7.39. The van der Waals surface area contributed by atoms with E-state index in [0.29, 0.717) is 45.1 Å². The van der Waals surface area contributed by atoms with Crippen LogP contribution >= 0.6 is 11.3 Å². The van der Waals surface area contributed by atoms with Gasteiger partial charge in [-0.2, -0.15) is 5.10 Å². The van der Waals surface area contributed by atoms with Crippen molar-refractivity contribution in [2.24, 2.45) is 0 Å². The summed E-state index contributed by atoms with van der Waals surface area (Å²) in [5, 5.41) is 8.82. The van der Waals surface area contributed by atoms with Crippen LogP contribution in [-0.2, 0) is 17.8 Å². The van der Waals surface area contributed by atoms with Crippen molar-refractivity contribution < 1.29 is 9.53 Å². The number of hydrogen-bond acceptors (Lipinski definition) is 7. The number of aryl methyl sites for hydroxylation is 2. The summed E-state index contributed by atoms with van der Waals surface area (Å²) in [6, 6.07) is 3.99. The number of morpholine rings is 1. The fraction of sp³-hybridized carbons (Fsp3) is 0.400. The highest BCUT2D eigenvalue weighted by Gasteiger charge is 2.25. The van der Waals surface area contributed by atoms with E-state index in [2.05, 4.69) is 15.4 Å². The highest BCUT2D eigenvalue weighted by Crippen LogP contribution is 2.19. The number of carbonyl (C=O) groups excluding carboxylic acids is 1. The van der Waals surface area contributed by atoms with Crippen molar-refractivity contribution in [1.82, 2.24) is 34.2 Å². The first-order chi connectivity index (χ1) is 14.6. The molecule has 0 aliphatic carbocycles. The maximum atomic E-state index is 13.2. The van der Waals surface area contributed by atoms with E-state index in [1.165, 1.54) is 0 Å². The standard InChI is InChI=1S/C20H23N7O2S/c1-13-4-3-5-26-16(11-21-10-15-12-27-20(22-15)30-14(2)24-27)17(23-18(13)26)19(28)25-6-8-29-9-7-25/h3-5,12,21H,6-11H2,1-2H3. The van der Waals surface area contributed by atoms with E-state index in [9.17, 15) is 4.79 Å². The first-order valence-corrected chi connectivity index (χ1v) is 10.8. The van der Waals surface area contributed by atoms with Crippen molar-refractivity contribution in [1.29, 1.82) is 0 Å². The second-order valence-electron chi connectivity index (χ2n) is 7.38. The molecule has 10 heteroatoms. The van der Waals surface area contributed by atoms with Gasteiger partial charge in [0.1, 0.15) is 10.7 Å². The largest absolute Gasteiger partial charge is 0.378 e. The summed E-state index contributed by atoms with van der Waals surface area (Å²) in [5.74, 6) is -0.0413. The Hall–Kier alpha value is -2.82. The second-order valence-corrected chi connectivity index (χ2v) is 8.54. The zero-order chi connectivity index (χ0) is 20.7. The molecule has 9 nitrogen and oxygen atoms in total. The number of rotatable bonds is 5. The van der Waals surface area contributed by atoms with E-state index in [4.69, 9.17) is 9.72 Å². The average molecular weight is 426 g/mol. The summed E-state index contributed by atoms with van der Waals surface area (Å²) in [5.41, 5.74) is 4.13. The summed E-state index contributed by atoms with van der Waals surface area (Å²) in [7, 11) is 0. The number of ether oxygens (including phenoxy) is 1. The summed E-state index contributed by atoms with van der Waals surface area (Å²) < 4.78 is 9.20. The number of nitrogens with zero attached hydrogens (tertiary/aromatic N) is 6. The molecule has 4 aromatic rings. The van der Waals surface area contributed by atoms with Crippen LogP contribution in [0.5, 0.6) is 0 Å². The Morgan fingerprint density at radius 3 is 2.87 bits per heavy atom. The third kappa shape index (κ3) is 3.47. The Labute approximate surface area is 177 Å². The van der Waals surface area contributed by atoms with E-state index in [-0.39, 0.29) is 5.91 Å². The molecule has 5 heterocycles. The molecule has 0 bridgehead atoms. The smallest absolute Gasteiger partial charge is 0.274 e. The van der Waals surface area contributed by atoms with Gasteiger partial charge in [0.05, 0.1) is 30.8 Å². The van der Waals surface area contributed by atoms with Gasteiger partial charge in [0.2, 0.25) is 4.96 Å². The number of amides is 1. The van der Waals surface area contributed by atoms with Crippen molar-refractivity contribution in [2.75, 3.05) is 26.3 Å². The van der Waals surface area contributed by atoms with Gasteiger partial charge in [0, 0.05) is 32.4 Å². The lowest BCUT2D eigenvalue weighted by Gasteiger charge is -2.26. The van der Waals surface area contributed by atoms with Crippen LogP contribution in [0.2, 0.25) is 0 Å². The Morgan fingerprint density at radius 1 is 1.23 bits per heavy atom. The van der Waals surface area contributed by atoms with E-state index < -0.39 is 0 Å². The van der Waals surface area contributed by atoms with Crippen molar-refractivity contribution in [3.05, 3.63) is 52.2 Å². The molecule has 30 heavy (non-hydrogen) atoms. The van der Waals surface area contributed by atoms with Crippen LogP contribution in [0.3, 0.4) is 0 Å². The van der Waals surface area contributed by atoms with Gasteiger partial charge in [-0.15, -0.1) is 0 Å². The molecule has 1 aliphatic rings. The summed E-state index contributed by atoms with van der Waals surface area (Å²) in [6.07, 6.45) is 3.89. The van der Waals surface area contributed by atoms with Crippen molar-refractivity contribution in [2.45, 2.75) is 26.9 Å². The summed E-state index contributed by atoms with van der Waals surface area (Å²) >= 11 is 1.57. The molecule has 0 saturated carbocycles. The number of carbonyl (C=O) groups is 1. The second kappa shape index (κ2) is 7.78. The van der Waals surface area contributed by atoms with E-state index in [1.807, 2.05) is 52.2 Å². The van der Waals surface area contributed by atoms with Gasteiger partial charge in [-0.25, -0.2) is 14.5 Å². The number of aromatic nitrogens is 5. The fourth-order valence-electron chi connectivity index (χ4n) is 3.75. The van der Waals surface area contributed by atoms with Crippen LogP contribution in [0.1, 0.15) is 32.4 Å². The highest BCUT2D eigenvalue weighted by atomic mass is 32.1. The molecule has 156 valence electrons. The predicted molar refractivity (Wildman–Crippen MR) is 113 cm³/mol. The van der Waals surface area contributed by atoms with Gasteiger partial charge in [0.15, 0.2) is 5.69 Å². The first-order valence-electron chi connectivity index (χ1n) is 9.96. The molecule has 1 saturated heterocycles. The first kappa shape index (κ1) is 19.2. The van der Waals surface area contributed by atoms with Crippen LogP contribution in [0, 0.1) is 13.8 Å². The molecule has 0 aromatic carbocycles. The number of fused-ring (bicyclic) bond motifs is 2. The van der Waals surface area contributed by atoms with E-state index in [1.54, 1.807) is 11.3 Å². The monoisotopic (exact) mass is 425 g/mol. The van der Waals surface area contributed by atoms with Gasteiger partial charge in [-0.05, 0) is 25.5 Å². The zero-order valence-corrected chi connectivity index (χ0v) is 17.8. The average Bonchev–Trinajstić information content (AvgIpc) is 3.40. The van der Waals surface area contributed by atoms with Crippen LogP contribution in [0.25, 0.3) is 10.6 Å². The molecular weight excluding hydrogens is 402 g/mol. The van der Waals surface area contributed by atoms with Crippen molar-refractivity contribution >= 4 is 27.9 Å². The summed E-state index contributed by atoms with van der Waals surface area (Å²) in [4.78, 5) is 25.2. The number of imidazole rings is 2. The van der Waals surface area contributed by atoms with Crippen LogP contribution in [-0.4, -0.2) is 61.1 Å². The number of pyridine rings is 1. The molecule has 0 radical (unpaired) electrons. The van der Waals surface area contributed by atoms with E-state index >= 15 is 0 Å². The molecule has 5 rings (SSSR count). The molecule has 0 unspecified atom stereocenters. The van der Waals surface area contributed by atoms with Crippen molar-refractivity contribution in [3.63, 3.8) is 0 Å². The molecule has 1 N–H and O–H groups in total. The topological polar surface area (TPSA) is 89.1 Å². The molecule has 0 atom stereocenters. The van der Waals surface area contributed by atoms with E-state index in [0.717, 1.165) is 32.6 Å². The maximum absolute atomic E-state index is 13.2. The number of hydrogen-bond donors (Lipinski definition) is 1. The van der Waals surface area contributed by atoms with Gasteiger partial charge in [0.25, 0.3) is 5.91 Å². The molecule has 1 amide bonds. The lowest BCUT2D eigenvalue weighted by molar-refractivity contribution is 0.0298. The lowest BCUT2D eigenvalue weighted by atomic mass is 10.2. The predicted octanol–water partition coefficient (Wildman–Crippen LogP) is 1.82. The van der Waals surface area contributed by atoms with Gasteiger partial charge < -0.3 is 19.4 Å². The molecule has 0 spiro atoms. The normalized spacial score (nSPS) is 14.8. The molecule has 4 aromatic heterocycles. The minimum Gasteiger partial charge on any atom is -0.378 e. The SMILES string of the molecule is Cc1nn2cc(CNCc3c(C(=O)N4CCOCC4)nc4c(C)cccn34)nc2s1. The third-order valence-electron chi connectivity index (χ3n) is 5.24. The minimum atomic E-state index is -0.0413.